The Morgan fingerprint density at radius 2 is 1.89 bits per heavy atom. The Labute approximate surface area is 166 Å². The van der Waals surface area contributed by atoms with Gasteiger partial charge in [0.15, 0.2) is 5.82 Å². The average molecular weight is 386 g/mol. The van der Waals surface area contributed by atoms with Gasteiger partial charge in [-0.1, -0.05) is 12.1 Å². The van der Waals surface area contributed by atoms with Gasteiger partial charge in [0.05, 0.1) is 24.2 Å². The van der Waals surface area contributed by atoms with Gasteiger partial charge in [-0.3, -0.25) is 0 Å². The molecule has 0 spiro atoms. The number of hydrogen-bond donors (Lipinski definition) is 0. The fraction of sp³-hybridized carbons (Fsp3) is 0.571. The second-order valence-corrected chi connectivity index (χ2v) is 8.25. The van der Waals surface area contributed by atoms with Crippen molar-refractivity contribution in [1.82, 2.24) is 14.9 Å². The molecule has 0 saturated carbocycles. The van der Waals surface area contributed by atoms with Crippen LogP contribution in [0.4, 0.5) is 10.6 Å². The molecule has 152 valence electrons. The van der Waals surface area contributed by atoms with Gasteiger partial charge >= 0.3 is 6.09 Å². The Balaban J connectivity index is 1.81. The van der Waals surface area contributed by atoms with Crippen molar-refractivity contribution in [2.75, 3.05) is 32.1 Å². The molecule has 0 aliphatic carbocycles. The molecular weight excluding hydrogens is 356 g/mol. The van der Waals surface area contributed by atoms with Crippen molar-refractivity contribution in [3.05, 3.63) is 24.3 Å². The Bertz CT molecular complexity index is 834. The van der Waals surface area contributed by atoms with Crippen LogP contribution in [0.1, 0.15) is 40.0 Å². The zero-order chi connectivity index (χ0) is 20.3. The quantitative estimate of drug-likeness (QED) is 0.795. The number of likely N-dealkylation sites (tertiary alicyclic amines) is 1. The predicted octanol–water partition coefficient (Wildman–Crippen LogP) is 3.86. The number of hydrogen-bond acceptors (Lipinski definition) is 6. The number of fused-ring (bicyclic) bond motifs is 1. The van der Waals surface area contributed by atoms with E-state index >= 15 is 0 Å². The largest absolute Gasteiger partial charge is 0.478 e. The molecule has 1 fully saturated rings. The standard InChI is InChI=1S/C21H30N4O3/c1-21(2,3)28-20(26)25-13-9-8-10-15(25)14-24(4)18-19(27-5)23-17-12-7-6-11-16(17)22-18/h6-7,11-12,15H,8-10,13-14H2,1-5H3. The third-order valence-electron chi connectivity index (χ3n) is 4.82. The fourth-order valence-corrected chi connectivity index (χ4v) is 3.51. The molecule has 1 unspecified atom stereocenters. The smallest absolute Gasteiger partial charge is 0.410 e. The highest BCUT2D eigenvalue weighted by Gasteiger charge is 2.31. The molecule has 0 bridgehead atoms. The van der Waals surface area contributed by atoms with E-state index in [1.54, 1.807) is 7.11 Å². The number of para-hydroxylation sites is 2. The summed E-state index contributed by atoms with van der Waals surface area (Å²) in [4.78, 5) is 25.9. The van der Waals surface area contributed by atoms with Crippen molar-refractivity contribution in [2.24, 2.45) is 0 Å². The molecular formula is C21H30N4O3. The number of ether oxygens (including phenoxy) is 2. The summed E-state index contributed by atoms with van der Waals surface area (Å²) in [5, 5.41) is 0. The summed E-state index contributed by atoms with van der Waals surface area (Å²) in [6.45, 7) is 7.04. The fourth-order valence-electron chi connectivity index (χ4n) is 3.51. The normalized spacial score (nSPS) is 17.5. The number of likely N-dealkylation sites (N-methyl/N-ethyl adjacent to an activating group) is 1. The second-order valence-electron chi connectivity index (χ2n) is 8.25. The molecule has 7 heteroatoms. The minimum absolute atomic E-state index is 0.0616. The summed E-state index contributed by atoms with van der Waals surface area (Å²) in [7, 11) is 3.56. The second kappa shape index (κ2) is 8.20. The number of carbonyl (C=O) groups is 1. The van der Waals surface area contributed by atoms with E-state index in [0.29, 0.717) is 24.8 Å². The van der Waals surface area contributed by atoms with Crippen molar-refractivity contribution in [2.45, 2.75) is 51.7 Å². The van der Waals surface area contributed by atoms with Crippen LogP contribution in [0, 0.1) is 0 Å². The van der Waals surface area contributed by atoms with E-state index in [2.05, 4.69) is 4.98 Å². The number of anilines is 1. The van der Waals surface area contributed by atoms with Gasteiger partial charge in [-0.15, -0.1) is 0 Å². The molecule has 1 saturated heterocycles. The first kappa shape index (κ1) is 20.2. The Hall–Kier alpha value is -2.57. The lowest BCUT2D eigenvalue weighted by atomic mass is 10.0. The van der Waals surface area contributed by atoms with Crippen LogP contribution in [0.5, 0.6) is 5.88 Å². The van der Waals surface area contributed by atoms with Crippen LogP contribution in [0.25, 0.3) is 11.0 Å². The third kappa shape index (κ3) is 4.64. The van der Waals surface area contributed by atoms with Crippen LogP contribution in [-0.2, 0) is 4.74 Å². The number of benzene rings is 1. The van der Waals surface area contributed by atoms with Crippen molar-refractivity contribution in [3.8, 4) is 5.88 Å². The molecule has 1 aliphatic rings. The highest BCUT2D eigenvalue weighted by atomic mass is 16.6. The Kier molecular flexibility index (Phi) is 5.91. The number of methoxy groups -OCH3 is 1. The number of piperidine rings is 1. The van der Waals surface area contributed by atoms with Gasteiger partial charge in [0.25, 0.3) is 5.88 Å². The van der Waals surface area contributed by atoms with E-state index in [1.807, 2.05) is 61.9 Å². The first-order valence-electron chi connectivity index (χ1n) is 9.80. The monoisotopic (exact) mass is 386 g/mol. The molecule has 0 N–H and O–H groups in total. The summed E-state index contributed by atoms with van der Waals surface area (Å²) in [6.07, 6.45) is 2.78. The van der Waals surface area contributed by atoms with E-state index in [9.17, 15) is 4.79 Å². The van der Waals surface area contributed by atoms with Crippen LogP contribution in [-0.4, -0.2) is 59.9 Å². The Morgan fingerprint density at radius 1 is 1.21 bits per heavy atom. The first-order chi connectivity index (χ1) is 13.3. The summed E-state index contributed by atoms with van der Waals surface area (Å²) in [5.41, 5.74) is 1.11. The van der Waals surface area contributed by atoms with Crippen LogP contribution in [0.2, 0.25) is 0 Å². The van der Waals surface area contributed by atoms with Crippen molar-refractivity contribution >= 4 is 22.9 Å². The highest BCUT2D eigenvalue weighted by molar-refractivity contribution is 5.77. The summed E-state index contributed by atoms with van der Waals surface area (Å²) >= 11 is 0. The molecule has 3 rings (SSSR count). The predicted molar refractivity (Wildman–Crippen MR) is 110 cm³/mol. The lowest BCUT2D eigenvalue weighted by molar-refractivity contribution is 0.0108. The molecule has 7 nitrogen and oxygen atoms in total. The van der Waals surface area contributed by atoms with Gasteiger partial charge in [0, 0.05) is 20.1 Å². The van der Waals surface area contributed by atoms with Crippen molar-refractivity contribution in [1.29, 1.82) is 0 Å². The summed E-state index contributed by atoms with van der Waals surface area (Å²) in [5.74, 6) is 1.16. The number of nitrogens with zero attached hydrogens (tertiary/aromatic N) is 4. The molecule has 0 radical (unpaired) electrons. The maximum absolute atomic E-state index is 12.7. The molecule has 28 heavy (non-hydrogen) atoms. The number of aromatic nitrogens is 2. The minimum atomic E-state index is -0.502. The SMILES string of the molecule is COc1nc2ccccc2nc1N(C)CC1CCCCN1C(=O)OC(C)(C)C. The van der Waals surface area contributed by atoms with Gasteiger partial charge in [0.1, 0.15) is 5.60 Å². The van der Waals surface area contributed by atoms with Crippen LogP contribution in [0.15, 0.2) is 24.3 Å². The van der Waals surface area contributed by atoms with E-state index in [-0.39, 0.29) is 12.1 Å². The average Bonchev–Trinajstić information content (AvgIpc) is 2.65. The van der Waals surface area contributed by atoms with E-state index in [1.165, 1.54) is 0 Å². The van der Waals surface area contributed by atoms with Crippen LogP contribution < -0.4 is 9.64 Å². The van der Waals surface area contributed by atoms with Crippen LogP contribution >= 0.6 is 0 Å². The molecule has 1 aliphatic heterocycles. The zero-order valence-electron chi connectivity index (χ0n) is 17.4. The third-order valence-corrected chi connectivity index (χ3v) is 4.82. The maximum atomic E-state index is 12.7. The summed E-state index contributed by atoms with van der Waals surface area (Å²) in [6, 6.07) is 7.79. The highest BCUT2D eigenvalue weighted by Crippen LogP contribution is 2.28. The van der Waals surface area contributed by atoms with Crippen LogP contribution in [0.3, 0.4) is 0 Å². The molecule has 2 heterocycles. The number of amides is 1. The van der Waals surface area contributed by atoms with Gasteiger partial charge in [0.2, 0.25) is 0 Å². The van der Waals surface area contributed by atoms with Gasteiger partial charge in [-0.05, 0) is 52.2 Å². The molecule has 1 aromatic heterocycles. The lowest BCUT2D eigenvalue weighted by Crippen LogP contribution is -2.50. The lowest BCUT2D eigenvalue weighted by Gasteiger charge is -2.38. The molecule has 1 amide bonds. The maximum Gasteiger partial charge on any atom is 0.410 e. The molecule has 1 aromatic carbocycles. The minimum Gasteiger partial charge on any atom is -0.478 e. The van der Waals surface area contributed by atoms with E-state index < -0.39 is 5.60 Å². The number of carbonyl (C=O) groups excluding carboxylic acids is 1. The van der Waals surface area contributed by atoms with E-state index in [0.717, 1.165) is 30.3 Å². The number of rotatable bonds is 4. The van der Waals surface area contributed by atoms with Crippen molar-refractivity contribution < 1.29 is 14.3 Å². The topological polar surface area (TPSA) is 67.8 Å². The summed E-state index contributed by atoms with van der Waals surface area (Å²) < 4.78 is 11.1. The van der Waals surface area contributed by atoms with Crippen molar-refractivity contribution in [3.63, 3.8) is 0 Å². The van der Waals surface area contributed by atoms with Gasteiger partial charge in [-0.25, -0.2) is 14.8 Å². The first-order valence-corrected chi connectivity index (χ1v) is 9.80. The van der Waals surface area contributed by atoms with Gasteiger partial charge < -0.3 is 19.3 Å². The zero-order valence-corrected chi connectivity index (χ0v) is 17.4. The molecule has 2 aromatic rings. The Morgan fingerprint density at radius 3 is 2.54 bits per heavy atom. The molecule has 1 atom stereocenters. The van der Waals surface area contributed by atoms with Gasteiger partial charge in [-0.2, -0.15) is 0 Å². The van der Waals surface area contributed by atoms with E-state index in [4.69, 9.17) is 14.5 Å².